The van der Waals surface area contributed by atoms with Gasteiger partial charge in [-0.1, -0.05) is 0 Å². The zero-order valence-electron chi connectivity index (χ0n) is 12.8. The van der Waals surface area contributed by atoms with E-state index in [0.717, 1.165) is 18.4 Å². The molecule has 2 aromatic heterocycles. The molecule has 6 nitrogen and oxygen atoms in total. The summed E-state index contributed by atoms with van der Waals surface area (Å²) in [5, 5.41) is 6.22. The molecule has 1 aliphatic rings. The SMILES string of the molecule is Cc1cc(NC(=O)c2ccco2)sc1C(=O)NCC(N)C1CC1. The number of aryl methyl sites for hydroxylation is 1. The summed E-state index contributed by atoms with van der Waals surface area (Å²) in [6, 6.07) is 5.04. The van der Waals surface area contributed by atoms with Gasteiger partial charge in [-0.05, 0) is 49.4 Å². The van der Waals surface area contributed by atoms with E-state index in [4.69, 9.17) is 10.2 Å². The van der Waals surface area contributed by atoms with Gasteiger partial charge in [0.2, 0.25) is 0 Å². The second-order valence-corrected chi connectivity index (χ2v) is 6.82. The summed E-state index contributed by atoms with van der Waals surface area (Å²) >= 11 is 1.24. The molecule has 2 aromatic rings. The van der Waals surface area contributed by atoms with Crippen LogP contribution < -0.4 is 16.4 Å². The van der Waals surface area contributed by atoms with E-state index in [2.05, 4.69) is 10.6 Å². The van der Waals surface area contributed by atoms with E-state index in [1.54, 1.807) is 18.2 Å². The van der Waals surface area contributed by atoms with Crippen LogP contribution in [-0.2, 0) is 0 Å². The first-order valence-electron chi connectivity index (χ1n) is 7.53. The van der Waals surface area contributed by atoms with E-state index in [9.17, 15) is 9.59 Å². The molecule has 1 unspecified atom stereocenters. The number of amides is 2. The summed E-state index contributed by atoms with van der Waals surface area (Å²) in [6.07, 6.45) is 3.74. The number of nitrogens with two attached hydrogens (primary N) is 1. The molecule has 0 bridgehead atoms. The van der Waals surface area contributed by atoms with E-state index >= 15 is 0 Å². The standard InChI is InChI=1S/C16H19N3O3S/c1-9-7-13(19-15(20)12-3-2-6-22-12)23-14(9)16(21)18-8-11(17)10-4-5-10/h2-3,6-7,10-11H,4-5,8,17H2,1H3,(H,18,21)(H,19,20). The fourth-order valence-corrected chi connectivity index (χ4v) is 3.32. The lowest BCUT2D eigenvalue weighted by molar-refractivity contribution is 0.0952. The molecule has 7 heteroatoms. The number of anilines is 1. The zero-order chi connectivity index (χ0) is 16.4. The van der Waals surface area contributed by atoms with Gasteiger partial charge in [0.15, 0.2) is 5.76 Å². The lowest BCUT2D eigenvalue weighted by Gasteiger charge is -2.11. The van der Waals surface area contributed by atoms with Crippen LogP contribution >= 0.6 is 11.3 Å². The van der Waals surface area contributed by atoms with Gasteiger partial charge in [0, 0.05) is 12.6 Å². The predicted octanol–water partition coefficient (Wildman–Crippen LogP) is 2.37. The van der Waals surface area contributed by atoms with Crippen molar-refractivity contribution in [1.82, 2.24) is 5.32 Å². The van der Waals surface area contributed by atoms with Crippen LogP contribution in [0.25, 0.3) is 0 Å². The first kappa shape index (κ1) is 15.8. The summed E-state index contributed by atoms with van der Waals surface area (Å²) in [7, 11) is 0. The van der Waals surface area contributed by atoms with Crippen LogP contribution in [0.3, 0.4) is 0 Å². The third-order valence-corrected chi connectivity index (χ3v) is 4.98. The highest BCUT2D eigenvalue weighted by atomic mass is 32.1. The van der Waals surface area contributed by atoms with Crippen LogP contribution in [0.2, 0.25) is 0 Å². The van der Waals surface area contributed by atoms with E-state index < -0.39 is 0 Å². The molecule has 0 radical (unpaired) electrons. The fraction of sp³-hybridized carbons (Fsp3) is 0.375. The van der Waals surface area contributed by atoms with Crippen LogP contribution in [0.4, 0.5) is 5.00 Å². The van der Waals surface area contributed by atoms with Gasteiger partial charge in [-0.2, -0.15) is 0 Å². The highest BCUT2D eigenvalue weighted by Crippen LogP contribution is 2.31. The van der Waals surface area contributed by atoms with Crippen molar-refractivity contribution in [1.29, 1.82) is 0 Å². The molecule has 4 N–H and O–H groups in total. The van der Waals surface area contributed by atoms with Crippen molar-refractivity contribution in [3.05, 3.63) is 40.7 Å². The number of furan rings is 1. The minimum absolute atomic E-state index is 0.0253. The third kappa shape index (κ3) is 3.80. The lowest BCUT2D eigenvalue weighted by Crippen LogP contribution is -2.38. The Morgan fingerprint density at radius 2 is 2.22 bits per heavy atom. The minimum Gasteiger partial charge on any atom is -0.459 e. The maximum atomic E-state index is 12.3. The first-order chi connectivity index (χ1) is 11.0. The van der Waals surface area contributed by atoms with Crippen LogP contribution in [0.15, 0.2) is 28.9 Å². The van der Waals surface area contributed by atoms with Crippen LogP contribution in [-0.4, -0.2) is 24.4 Å². The summed E-state index contributed by atoms with van der Waals surface area (Å²) in [5.74, 6) is 0.293. The highest BCUT2D eigenvalue weighted by Gasteiger charge is 2.28. The molecule has 2 heterocycles. The Kier molecular flexibility index (Phi) is 4.49. The van der Waals surface area contributed by atoms with E-state index in [-0.39, 0.29) is 23.6 Å². The molecule has 3 rings (SSSR count). The van der Waals surface area contributed by atoms with Gasteiger partial charge in [-0.15, -0.1) is 11.3 Å². The average Bonchev–Trinajstić information content (AvgIpc) is 3.10. The van der Waals surface area contributed by atoms with Crippen molar-refractivity contribution in [2.75, 3.05) is 11.9 Å². The minimum atomic E-state index is -0.334. The smallest absolute Gasteiger partial charge is 0.291 e. The monoisotopic (exact) mass is 333 g/mol. The third-order valence-electron chi connectivity index (χ3n) is 3.83. The summed E-state index contributed by atoms with van der Waals surface area (Å²) in [4.78, 5) is 24.8. The van der Waals surface area contributed by atoms with Gasteiger partial charge in [0.1, 0.15) is 0 Å². The van der Waals surface area contributed by atoms with Gasteiger partial charge in [-0.25, -0.2) is 0 Å². The van der Waals surface area contributed by atoms with Gasteiger partial charge in [0.05, 0.1) is 16.1 Å². The number of carbonyl (C=O) groups is 2. The van der Waals surface area contributed by atoms with Crippen LogP contribution in [0.5, 0.6) is 0 Å². The van der Waals surface area contributed by atoms with Gasteiger partial charge < -0.3 is 20.8 Å². The second-order valence-electron chi connectivity index (χ2n) is 5.77. The molecule has 1 saturated carbocycles. The fourth-order valence-electron chi connectivity index (χ4n) is 2.33. The van der Waals surface area contributed by atoms with Crippen LogP contribution in [0, 0.1) is 12.8 Å². The second kappa shape index (κ2) is 6.55. The molecule has 1 fully saturated rings. The topological polar surface area (TPSA) is 97.4 Å². The highest BCUT2D eigenvalue weighted by molar-refractivity contribution is 7.18. The van der Waals surface area contributed by atoms with Crippen molar-refractivity contribution in [3.63, 3.8) is 0 Å². The quantitative estimate of drug-likeness (QED) is 0.756. The van der Waals surface area contributed by atoms with E-state index in [1.807, 2.05) is 6.92 Å². The Bertz CT molecular complexity index is 704. The Hall–Kier alpha value is -2.12. The summed E-state index contributed by atoms with van der Waals surface area (Å²) in [6.45, 7) is 2.32. The Morgan fingerprint density at radius 1 is 1.43 bits per heavy atom. The maximum Gasteiger partial charge on any atom is 0.291 e. The number of carbonyl (C=O) groups excluding carboxylic acids is 2. The van der Waals surface area contributed by atoms with E-state index in [0.29, 0.717) is 22.3 Å². The van der Waals surface area contributed by atoms with Gasteiger partial charge >= 0.3 is 0 Å². The Balaban J connectivity index is 1.60. The number of rotatable bonds is 6. The Morgan fingerprint density at radius 3 is 2.87 bits per heavy atom. The zero-order valence-corrected chi connectivity index (χ0v) is 13.6. The molecule has 1 atom stereocenters. The van der Waals surface area contributed by atoms with Crippen molar-refractivity contribution in [2.24, 2.45) is 11.7 Å². The molecule has 0 spiro atoms. The molecule has 2 amide bonds. The summed E-state index contributed by atoms with van der Waals surface area (Å²) < 4.78 is 5.04. The largest absolute Gasteiger partial charge is 0.459 e. The molecule has 1 aliphatic carbocycles. The number of hydrogen-bond acceptors (Lipinski definition) is 5. The maximum absolute atomic E-state index is 12.3. The van der Waals surface area contributed by atoms with Crippen molar-refractivity contribution >= 4 is 28.2 Å². The van der Waals surface area contributed by atoms with Crippen molar-refractivity contribution in [3.8, 4) is 0 Å². The molecule has 23 heavy (non-hydrogen) atoms. The van der Waals surface area contributed by atoms with Gasteiger partial charge in [0.25, 0.3) is 11.8 Å². The molecule has 0 saturated heterocycles. The van der Waals surface area contributed by atoms with Crippen LogP contribution in [0.1, 0.15) is 38.6 Å². The number of nitrogens with one attached hydrogen (secondary N) is 2. The lowest BCUT2D eigenvalue weighted by atomic mass is 10.2. The molecular weight excluding hydrogens is 314 g/mol. The van der Waals surface area contributed by atoms with Gasteiger partial charge in [-0.3, -0.25) is 9.59 Å². The molecule has 0 aromatic carbocycles. The molecule has 122 valence electrons. The van der Waals surface area contributed by atoms with Crippen molar-refractivity contribution in [2.45, 2.75) is 25.8 Å². The summed E-state index contributed by atoms with van der Waals surface area (Å²) in [5.41, 5.74) is 6.81. The molecular formula is C16H19N3O3S. The normalized spacial score (nSPS) is 15.2. The first-order valence-corrected chi connectivity index (χ1v) is 8.35. The average molecular weight is 333 g/mol. The molecule has 0 aliphatic heterocycles. The van der Waals surface area contributed by atoms with Crippen molar-refractivity contribution < 1.29 is 14.0 Å². The predicted molar refractivity (Wildman–Crippen MR) is 88.7 cm³/mol. The number of thiophene rings is 1. The van der Waals surface area contributed by atoms with E-state index in [1.165, 1.54) is 17.6 Å². The number of hydrogen-bond donors (Lipinski definition) is 3. The Labute approximate surface area is 138 Å².